The highest BCUT2D eigenvalue weighted by Crippen LogP contribution is 2.21. The molecule has 29 heavy (non-hydrogen) atoms. The first kappa shape index (κ1) is 19.2. The molecule has 5 heteroatoms. The summed E-state index contributed by atoms with van der Waals surface area (Å²) in [6.07, 6.45) is 1.71. The zero-order valence-electron chi connectivity index (χ0n) is 15.8. The maximum atomic E-state index is 12.1. The molecule has 0 amide bonds. The third-order valence-corrected chi connectivity index (χ3v) is 4.95. The van der Waals surface area contributed by atoms with Crippen molar-refractivity contribution in [2.45, 2.75) is 13.5 Å². The average molecular weight is 448 g/mol. The van der Waals surface area contributed by atoms with E-state index < -0.39 is 5.97 Å². The molecule has 0 saturated heterocycles. The monoisotopic (exact) mass is 447 g/mol. The highest BCUT2D eigenvalue weighted by molar-refractivity contribution is 9.10. The number of halogens is 1. The SMILES string of the molecule is Cc1ccc(C2=N/C(=C\c3ccc(OCc4ccc(Br)cc4)cc3)C(=O)O2)cc1. The zero-order valence-corrected chi connectivity index (χ0v) is 17.3. The molecule has 1 aliphatic heterocycles. The Morgan fingerprint density at radius 2 is 1.66 bits per heavy atom. The summed E-state index contributed by atoms with van der Waals surface area (Å²) in [7, 11) is 0. The molecule has 0 aliphatic carbocycles. The van der Waals surface area contributed by atoms with Gasteiger partial charge in [-0.1, -0.05) is 57.9 Å². The molecule has 1 aliphatic rings. The standard InChI is InChI=1S/C24H18BrNO3/c1-16-2-8-19(9-3-16)23-26-22(24(27)29-23)14-17-6-12-21(13-7-17)28-15-18-4-10-20(25)11-5-18/h2-14H,15H2,1H3/b22-14-. The van der Waals surface area contributed by atoms with Gasteiger partial charge in [0.2, 0.25) is 5.90 Å². The van der Waals surface area contributed by atoms with Gasteiger partial charge in [0.15, 0.2) is 5.70 Å². The maximum absolute atomic E-state index is 12.1. The summed E-state index contributed by atoms with van der Waals surface area (Å²) in [4.78, 5) is 16.5. The molecule has 4 rings (SSSR count). The number of ether oxygens (including phenoxy) is 2. The van der Waals surface area contributed by atoms with Crippen molar-refractivity contribution in [3.05, 3.63) is 105 Å². The molecule has 3 aromatic rings. The van der Waals surface area contributed by atoms with Gasteiger partial charge in [-0.05, 0) is 60.5 Å². The van der Waals surface area contributed by atoms with Gasteiger partial charge < -0.3 is 9.47 Å². The number of rotatable bonds is 5. The van der Waals surface area contributed by atoms with Gasteiger partial charge in [-0.15, -0.1) is 0 Å². The highest BCUT2D eigenvalue weighted by atomic mass is 79.9. The van der Waals surface area contributed by atoms with Crippen LogP contribution in [0.2, 0.25) is 0 Å². The Bertz CT molecular complexity index is 1080. The Kier molecular flexibility index (Phi) is 5.58. The third kappa shape index (κ3) is 4.81. The van der Waals surface area contributed by atoms with Gasteiger partial charge in [-0.2, -0.15) is 0 Å². The normalized spacial score (nSPS) is 14.6. The average Bonchev–Trinajstić information content (AvgIpc) is 3.09. The fourth-order valence-corrected chi connectivity index (χ4v) is 3.06. The van der Waals surface area contributed by atoms with E-state index in [-0.39, 0.29) is 5.70 Å². The molecule has 0 fully saturated rings. The number of cyclic esters (lactones) is 1. The number of aryl methyl sites for hydroxylation is 1. The molecular weight excluding hydrogens is 430 g/mol. The van der Waals surface area contributed by atoms with Crippen molar-refractivity contribution in [3.63, 3.8) is 0 Å². The second-order valence-electron chi connectivity index (χ2n) is 6.69. The molecule has 3 aromatic carbocycles. The molecule has 0 unspecified atom stereocenters. The summed E-state index contributed by atoms with van der Waals surface area (Å²) in [5.74, 6) is 0.639. The summed E-state index contributed by atoms with van der Waals surface area (Å²) < 4.78 is 12.2. The van der Waals surface area contributed by atoms with E-state index >= 15 is 0 Å². The lowest BCUT2D eigenvalue weighted by Crippen LogP contribution is -2.05. The van der Waals surface area contributed by atoms with E-state index in [1.165, 1.54) is 0 Å². The number of aliphatic imine (C=N–C) groups is 1. The van der Waals surface area contributed by atoms with E-state index in [0.717, 1.165) is 32.5 Å². The molecule has 144 valence electrons. The third-order valence-electron chi connectivity index (χ3n) is 4.42. The lowest BCUT2D eigenvalue weighted by Gasteiger charge is -2.06. The van der Waals surface area contributed by atoms with Crippen LogP contribution in [-0.4, -0.2) is 11.9 Å². The van der Waals surface area contributed by atoms with Gasteiger partial charge in [0, 0.05) is 10.0 Å². The van der Waals surface area contributed by atoms with Crippen LogP contribution in [0.15, 0.2) is 88.0 Å². The molecule has 0 radical (unpaired) electrons. The van der Waals surface area contributed by atoms with Crippen LogP contribution in [0, 0.1) is 6.92 Å². The number of benzene rings is 3. The molecule has 0 N–H and O–H groups in total. The van der Waals surface area contributed by atoms with E-state index in [1.807, 2.05) is 79.7 Å². The quantitative estimate of drug-likeness (QED) is 0.373. The van der Waals surface area contributed by atoms with Crippen molar-refractivity contribution in [2.75, 3.05) is 0 Å². The van der Waals surface area contributed by atoms with Crippen molar-refractivity contribution in [1.82, 2.24) is 0 Å². The summed E-state index contributed by atoms with van der Waals surface area (Å²) in [6, 6.07) is 23.2. The maximum Gasteiger partial charge on any atom is 0.363 e. The highest BCUT2D eigenvalue weighted by Gasteiger charge is 2.23. The molecule has 0 spiro atoms. The Labute approximate surface area is 177 Å². The zero-order chi connectivity index (χ0) is 20.2. The van der Waals surface area contributed by atoms with Gasteiger partial charge in [0.25, 0.3) is 0 Å². The van der Waals surface area contributed by atoms with Crippen molar-refractivity contribution in [3.8, 4) is 5.75 Å². The van der Waals surface area contributed by atoms with E-state index in [4.69, 9.17) is 9.47 Å². The van der Waals surface area contributed by atoms with Gasteiger partial charge >= 0.3 is 5.97 Å². The summed E-state index contributed by atoms with van der Waals surface area (Å²) in [6.45, 7) is 2.49. The Morgan fingerprint density at radius 1 is 0.966 bits per heavy atom. The van der Waals surface area contributed by atoms with Gasteiger partial charge in [-0.3, -0.25) is 0 Å². The Hall–Kier alpha value is -3.18. The Morgan fingerprint density at radius 3 is 2.34 bits per heavy atom. The fraction of sp³-hybridized carbons (Fsp3) is 0.0833. The van der Waals surface area contributed by atoms with Crippen LogP contribution in [0.25, 0.3) is 6.08 Å². The van der Waals surface area contributed by atoms with Gasteiger partial charge in [0.1, 0.15) is 12.4 Å². The fourth-order valence-electron chi connectivity index (χ4n) is 2.79. The number of carbonyl (C=O) groups excluding carboxylic acids is 1. The second-order valence-corrected chi connectivity index (χ2v) is 7.60. The minimum Gasteiger partial charge on any atom is -0.489 e. The minimum atomic E-state index is -0.448. The summed E-state index contributed by atoms with van der Waals surface area (Å²) in [5, 5.41) is 0. The van der Waals surface area contributed by atoms with E-state index in [2.05, 4.69) is 20.9 Å². The smallest absolute Gasteiger partial charge is 0.363 e. The molecule has 0 bridgehead atoms. The minimum absolute atomic E-state index is 0.282. The molecular formula is C24H18BrNO3. The number of nitrogens with zero attached hydrogens (tertiary/aromatic N) is 1. The van der Waals surface area contributed by atoms with Crippen LogP contribution in [-0.2, 0) is 16.1 Å². The van der Waals surface area contributed by atoms with Gasteiger partial charge in [0.05, 0.1) is 0 Å². The largest absolute Gasteiger partial charge is 0.489 e. The predicted octanol–water partition coefficient (Wildman–Crippen LogP) is 5.68. The van der Waals surface area contributed by atoms with Crippen molar-refractivity contribution in [2.24, 2.45) is 4.99 Å². The van der Waals surface area contributed by atoms with Crippen LogP contribution in [0.5, 0.6) is 5.75 Å². The first-order valence-electron chi connectivity index (χ1n) is 9.14. The molecule has 0 saturated carbocycles. The molecule has 0 aromatic heterocycles. The number of hydrogen-bond acceptors (Lipinski definition) is 4. The van der Waals surface area contributed by atoms with Crippen LogP contribution < -0.4 is 4.74 Å². The molecule has 1 heterocycles. The summed E-state index contributed by atoms with van der Waals surface area (Å²) >= 11 is 3.42. The van der Waals surface area contributed by atoms with Crippen molar-refractivity contribution in [1.29, 1.82) is 0 Å². The predicted molar refractivity (Wildman–Crippen MR) is 117 cm³/mol. The lowest BCUT2D eigenvalue weighted by molar-refractivity contribution is -0.129. The number of carbonyl (C=O) groups is 1. The summed E-state index contributed by atoms with van der Waals surface area (Å²) in [5.41, 5.74) is 4.14. The van der Waals surface area contributed by atoms with Crippen LogP contribution in [0.4, 0.5) is 0 Å². The van der Waals surface area contributed by atoms with Crippen LogP contribution in [0.1, 0.15) is 22.3 Å². The topological polar surface area (TPSA) is 47.9 Å². The molecule has 0 atom stereocenters. The van der Waals surface area contributed by atoms with E-state index in [0.29, 0.717) is 12.5 Å². The van der Waals surface area contributed by atoms with E-state index in [9.17, 15) is 4.79 Å². The van der Waals surface area contributed by atoms with Gasteiger partial charge in [-0.25, -0.2) is 9.79 Å². The van der Waals surface area contributed by atoms with Crippen LogP contribution >= 0.6 is 15.9 Å². The Balaban J connectivity index is 1.44. The number of esters is 1. The number of hydrogen-bond donors (Lipinski definition) is 0. The molecule has 4 nitrogen and oxygen atoms in total. The first-order chi connectivity index (χ1) is 14.1. The van der Waals surface area contributed by atoms with E-state index in [1.54, 1.807) is 6.08 Å². The van der Waals surface area contributed by atoms with Crippen molar-refractivity contribution >= 4 is 33.9 Å². The lowest BCUT2D eigenvalue weighted by atomic mass is 10.1. The first-order valence-corrected chi connectivity index (χ1v) is 9.93. The van der Waals surface area contributed by atoms with Crippen LogP contribution in [0.3, 0.4) is 0 Å². The van der Waals surface area contributed by atoms with Crippen molar-refractivity contribution < 1.29 is 14.3 Å². The second kappa shape index (κ2) is 8.45.